The summed E-state index contributed by atoms with van der Waals surface area (Å²) in [5.41, 5.74) is 1.85. The van der Waals surface area contributed by atoms with E-state index in [9.17, 15) is 0 Å². The van der Waals surface area contributed by atoms with E-state index in [2.05, 4.69) is 34.0 Å². The lowest BCUT2D eigenvalue weighted by atomic mass is 9.68. The van der Waals surface area contributed by atoms with Gasteiger partial charge in [-0.15, -0.1) is 0 Å². The number of nitrogens with zero attached hydrogens (tertiary/aromatic N) is 3. The highest BCUT2D eigenvalue weighted by molar-refractivity contribution is 5.58. The predicted octanol–water partition coefficient (Wildman–Crippen LogP) is 3.77. The van der Waals surface area contributed by atoms with Crippen molar-refractivity contribution in [2.24, 2.45) is 5.41 Å². The molecular formula is C17H28N4. The van der Waals surface area contributed by atoms with Gasteiger partial charge in [-0.05, 0) is 44.9 Å². The Hall–Kier alpha value is -1.32. The Balaban J connectivity index is 1.70. The van der Waals surface area contributed by atoms with Crippen molar-refractivity contribution in [1.82, 2.24) is 9.97 Å². The molecule has 1 saturated carbocycles. The molecule has 1 aromatic rings. The topological polar surface area (TPSA) is 41.1 Å². The fourth-order valence-corrected chi connectivity index (χ4v) is 4.10. The minimum atomic E-state index is 0.653. The number of rotatable bonds is 3. The second kappa shape index (κ2) is 6.20. The molecule has 1 aromatic heterocycles. The second-order valence-corrected chi connectivity index (χ2v) is 6.75. The summed E-state index contributed by atoms with van der Waals surface area (Å²) >= 11 is 0. The van der Waals surface area contributed by atoms with Crippen LogP contribution in [0.3, 0.4) is 0 Å². The first-order valence-corrected chi connectivity index (χ1v) is 8.54. The predicted molar refractivity (Wildman–Crippen MR) is 87.9 cm³/mol. The monoisotopic (exact) mass is 288 g/mol. The zero-order chi connectivity index (χ0) is 14.7. The van der Waals surface area contributed by atoms with E-state index in [0.29, 0.717) is 5.41 Å². The van der Waals surface area contributed by atoms with Crippen molar-refractivity contribution in [3.8, 4) is 0 Å². The zero-order valence-electron chi connectivity index (χ0n) is 13.5. The van der Waals surface area contributed by atoms with Crippen molar-refractivity contribution in [2.45, 2.75) is 58.8 Å². The second-order valence-electron chi connectivity index (χ2n) is 6.75. The number of anilines is 2. The number of hydrogen-bond donors (Lipinski definition) is 1. The summed E-state index contributed by atoms with van der Waals surface area (Å²) in [7, 11) is 0. The maximum atomic E-state index is 4.55. The van der Waals surface area contributed by atoms with E-state index in [1.165, 1.54) is 50.5 Å². The van der Waals surface area contributed by atoms with Crippen molar-refractivity contribution < 1.29 is 0 Å². The van der Waals surface area contributed by atoms with E-state index in [-0.39, 0.29) is 0 Å². The molecule has 1 aliphatic heterocycles. The van der Waals surface area contributed by atoms with Gasteiger partial charge in [0.15, 0.2) is 0 Å². The maximum absolute atomic E-state index is 4.55. The zero-order valence-corrected chi connectivity index (χ0v) is 13.5. The lowest BCUT2D eigenvalue weighted by Crippen LogP contribution is -2.41. The third kappa shape index (κ3) is 2.99. The van der Waals surface area contributed by atoms with Crippen LogP contribution in [0.1, 0.15) is 57.4 Å². The molecule has 1 N–H and O–H groups in total. The molecule has 0 aromatic carbocycles. The smallest absolute Gasteiger partial charge is 0.137 e. The van der Waals surface area contributed by atoms with Crippen LogP contribution >= 0.6 is 0 Å². The molecule has 4 heteroatoms. The third-order valence-electron chi connectivity index (χ3n) is 5.44. The van der Waals surface area contributed by atoms with Gasteiger partial charge in [0.2, 0.25) is 0 Å². The van der Waals surface area contributed by atoms with E-state index in [1.54, 1.807) is 6.33 Å². The molecule has 0 amide bonds. The van der Waals surface area contributed by atoms with Crippen LogP contribution in [-0.4, -0.2) is 29.6 Å². The van der Waals surface area contributed by atoms with Crippen LogP contribution < -0.4 is 10.2 Å². The number of nitrogens with one attached hydrogen (secondary N) is 1. The normalized spacial score (nSPS) is 21.5. The van der Waals surface area contributed by atoms with Crippen LogP contribution in [0.25, 0.3) is 0 Å². The minimum Gasteiger partial charge on any atom is -0.370 e. The van der Waals surface area contributed by atoms with Gasteiger partial charge in [-0.3, -0.25) is 0 Å². The molecule has 2 aliphatic rings. The van der Waals surface area contributed by atoms with Crippen LogP contribution in [0.2, 0.25) is 0 Å². The highest BCUT2D eigenvalue weighted by Gasteiger charge is 2.36. The Morgan fingerprint density at radius 2 is 1.81 bits per heavy atom. The van der Waals surface area contributed by atoms with Crippen molar-refractivity contribution in [1.29, 1.82) is 0 Å². The first-order valence-electron chi connectivity index (χ1n) is 8.54. The SMILES string of the molecule is CCNc1ncnc(N2CCC3(CCCCC3)CC2)c1C. The summed E-state index contributed by atoms with van der Waals surface area (Å²) in [6.07, 6.45) is 11.6. The van der Waals surface area contributed by atoms with Gasteiger partial charge < -0.3 is 10.2 Å². The van der Waals surface area contributed by atoms with E-state index in [0.717, 1.165) is 31.3 Å². The van der Waals surface area contributed by atoms with Crippen molar-refractivity contribution >= 4 is 11.6 Å². The molecule has 2 fully saturated rings. The standard InChI is InChI=1S/C17H28N4/c1-3-18-15-14(2)16(20-13-19-15)21-11-9-17(10-12-21)7-5-4-6-8-17/h13H,3-12H2,1-2H3,(H,18,19,20). The van der Waals surface area contributed by atoms with Crippen LogP contribution in [0, 0.1) is 12.3 Å². The summed E-state index contributed by atoms with van der Waals surface area (Å²) < 4.78 is 0. The summed E-state index contributed by atoms with van der Waals surface area (Å²) in [6, 6.07) is 0. The highest BCUT2D eigenvalue weighted by atomic mass is 15.2. The molecule has 0 bridgehead atoms. The van der Waals surface area contributed by atoms with Gasteiger partial charge in [-0.2, -0.15) is 0 Å². The number of piperidine rings is 1. The Labute approximate surface area is 128 Å². The van der Waals surface area contributed by atoms with Gasteiger partial charge in [0.05, 0.1) is 0 Å². The molecule has 0 atom stereocenters. The van der Waals surface area contributed by atoms with Crippen molar-refractivity contribution in [3.05, 3.63) is 11.9 Å². The molecule has 1 aliphatic carbocycles. The third-order valence-corrected chi connectivity index (χ3v) is 5.44. The molecule has 0 radical (unpaired) electrons. The van der Waals surface area contributed by atoms with E-state index in [1.807, 2.05) is 0 Å². The Kier molecular flexibility index (Phi) is 4.32. The molecule has 116 valence electrons. The van der Waals surface area contributed by atoms with E-state index in [4.69, 9.17) is 0 Å². The first-order chi connectivity index (χ1) is 10.2. The number of hydrogen-bond acceptors (Lipinski definition) is 4. The quantitative estimate of drug-likeness (QED) is 0.919. The van der Waals surface area contributed by atoms with E-state index < -0.39 is 0 Å². The first kappa shape index (κ1) is 14.6. The van der Waals surface area contributed by atoms with Crippen LogP contribution in [0.4, 0.5) is 11.6 Å². The average molecular weight is 288 g/mol. The van der Waals surface area contributed by atoms with Crippen molar-refractivity contribution in [2.75, 3.05) is 29.9 Å². The summed E-state index contributed by atoms with van der Waals surface area (Å²) in [4.78, 5) is 11.4. The van der Waals surface area contributed by atoms with Crippen LogP contribution in [0.15, 0.2) is 6.33 Å². The maximum Gasteiger partial charge on any atom is 0.137 e. The molecule has 0 unspecified atom stereocenters. The Morgan fingerprint density at radius 1 is 1.10 bits per heavy atom. The summed E-state index contributed by atoms with van der Waals surface area (Å²) in [5.74, 6) is 2.12. The van der Waals surface area contributed by atoms with Gasteiger partial charge in [0.1, 0.15) is 18.0 Å². The molecule has 2 heterocycles. The highest BCUT2D eigenvalue weighted by Crippen LogP contribution is 2.45. The largest absolute Gasteiger partial charge is 0.370 e. The van der Waals surface area contributed by atoms with Crippen molar-refractivity contribution in [3.63, 3.8) is 0 Å². The lowest BCUT2D eigenvalue weighted by molar-refractivity contribution is 0.144. The Morgan fingerprint density at radius 3 is 2.48 bits per heavy atom. The van der Waals surface area contributed by atoms with Crippen LogP contribution in [-0.2, 0) is 0 Å². The van der Waals surface area contributed by atoms with Gasteiger partial charge in [0, 0.05) is 25.2 Å². The number of aromatic nitrogens is 2. The summed E-state index contributed by atoms with van der Waals surface area (Å²) in [6.45, 7) is 7.46. The molecule has 4 nitrogen and oxygen atoms in total. The molecule has 21 heavy (non-hydrogen) atoms. The van der Waals surface area contributed by atoms with Gasteiger partial charge >= 0.3 is 0 Å². The van der Waals surface area contributed by atoms with Gasteiger partial charge in [0.25, 0.3) is 0 Å². The van der Waals surface area contributed by atoms with Gasteiger partial charge in [-0.1, -0.05) is 19.3 Å². The minimum absolute atomic E-state index is 0.653. The fraction of sp³-hybridized carbons (Fsp3) is 0.765. The molecule has 1 saturated heterocycles. The molecular weight excluding hydrogens is 260 g/mol. The van der Waals surface area contributed by atoms with E-state index >= 15 is 0 Å². The average Bonchev–Trinajstić information content (AvgIpc) is 2.52. The van der Waals surface area contributed by atoms with Gasteiger partial charge in [-0.25, -0.2) is 9.97 Å². The molecule has 3 rings (SSSR count). The lowest BCUT2D eigenvalue weighted by Gasteiger charge is -2.45. The molecule has 1 spiro atoms. The van der Waals surface area contributed by atoms with Crippen LogP contribution in [0.5, 0.6) is 0 Å². The summed E-state index contributed by atoms with van der Waals surface area (Å²) in [5, 5.41) is 3.33. The Bertz CT molecular complexity index is 470. The fourth-order valence-electron chi connectivity index (χ4n) is 4.10.